The van der Waals surface area contributed by atoms with Gasteiger partial charge in [-0.05, 0) is 42.3 Å². The molecule has 2 amide bonds. The number of carbonyl (C=O) groups excluding carboxylic acids is 2. The Morgan fingerprint density at radius 1 is 0.909 bits per heavy atom. The van der Waals surface area contributed by atoms with Crippen LogP contribution in [-0.4, -0.2) is 38.3 Å². The first-order valence-corrected chi connectivity index (χ1v) is 11.9. The van der Waals surface area contributed by atoms with E-state index in [2.05, 4.69) is 15.6 Å². The Balaban J connectivity index is 1.36. The number of furan rings is 1. The Bertz CT molecular complexity index is 1350. The number of amides is 2. The maximum atomic E-state index is 13.1. The number of nitrogens with one attached hydrogen (secondary N) is 3. The molecule has 0 aliphatic carbocycles. The molecule has 33 heavy (non-hydrogen) atoms. The maximum absolute atomic E-state index is 13.1. The highest BCUT2D eigenvalue weighted by Gasteiger charge is 2.32. The van der Waals surface area contributed by atoms with E-state index in [4.69, 9.17) is 4.42 Å². The molecule has 0 spiro atoms. The van der Waals surface area contributed by atoms with E-state index in [1.54, 1.807) is 24.3 Å². The summed E-state index contributed by atoms with van der Waals surface area (Å²) in [7, 11) is -3.86. The lowest BCUT2D eigenvalue weighted by Crippen LogP contribution is -2.42. The summed E-state index contributed by atoms with van der Waals surface area (Å²) in [4.78, 5) is 27.8. The average Bonchev–Trinajstić information content (AvgIpc) is 3.50. The van der Waals surface area contributed by atoms with Crippen LogP contribution in [0.2, 0.25) is 0 Å². The van der Waals surface area contributed by atoms with Gasteiger partial charge in [0.05, 0.1) is 11.2 Å². The minimum atomic E-state index is -3.86. The Labute approximate surface area is 190 Å². The topological polar surface area (TPSA) is 121 Å². The molecule has 8 nitrogen and oxygen atoms in total. The van der Waals surface area contributed by atoms with Crippen LogP contribution < -0.4 is 10.6 Å². The zero-order chi connectivity index (χ0) is 23.3. The molecule has 0 bridgehead atoms. The SMILES string of the molecule is O=C(NCCc1c[nH]c2ccccc12)C(=O)NC[C@H](c1ccco1)S(=O)(=O)c1ccccc1. The molecule has 0 aliphatic rings. The molecule has 4 aromatic rings. The van der Waals surface area contributed by atoms with Crippen molar-refractivity contribution in [3.05, 3.63) is 90.5 Å². The molecule has 0 radical (unpaired) electrons. The molecule has 0 saturated heterocycles. The molecule has 9 heteroatoms. The van der Waals surface area contributed by atoms with Crippen LogP contribution in [0.25, 0.3) is 10.9 Å². The van der Waals surface area contributed by atoms with Crippen molar-refractivity contribution in [2.45, 2.75) is 16.6 Å². The standard InChI is InChI=1S/C24H23N3O5S/c28-23(25-13-12-17-15-26-20-10-5-4-9-19(17)20)24(29)27-16-22(21-11-6-14-32-21)33(30,31)18-7-2-1-3-8-18/h1-11,14-15,22,26H,12-13,16H2,(H,25,28)(H,27,29)/t22-/m1/s1. The van der Waals surface area contributed by atoms with E-state index in [1.165, 1.54) is 24.5 Å². The first-order valence-electron chi connectivity index (χ1n) is 10.4. The predicted molar refractivity (Wildman–Crippen MR) is 123 cm³/mol. The van der Waals surface area contributed by atoms with E-state index in [9.17, 15) is 18.0 Å². The van der Waals surface area contributed by atoms with Crippen molar-refractivity contribution in [2.75, 3.05) is 13.1 Å². The van der Waals surface area contributed by atoms with Gasteiger partial charge in [-0.15, -0.1) is 0 Å². The predicted octanol–water partition coefficient (Wildman–Crippen LogP) is 2.75. The van der Waals surface area contributed by atoms with Crippen molar-refractivity contribution in [1.29, 1.82) is 0 Å². The zero-order valence-electron chi connectivity index (χ0n) is 17.7. The van der Waals surface area contributed by atoms with Crippen molar-refractivity contribution in [3.8, 4) is 0 Å². The Hall–Kier alpha value is -3.85. The third-order valence-electron chi connectivity index (χ3n) is 5.32. The number of fused-ring (bicyclic) bond motifs is 1. The largest absolute Gasteiger partial charge is 0.468 e. The van der Waals surface area contributed by atoms with Crippen LogP contribution in [0.15, 0.2) is 88.5 Å². The van der Waals surface area contributed by atoms with Crippen LogP contribution in [0.5, 0.6) is 0 Å². The lowest BCUT2D eigenvalue weighted by molar-refractivity contribution is -0.139. The second kappa shape index (κ2) is 9.74. The first kappa shape index (κ1) is 22.3. The van der Waals surface area contributed by atoms with E-state index < -0.39 is 26.9 Å². The summed E-state index contributed by atoms with van der Waals surface area (Å²) in [5, 5.41) is 4.89. The fraction of sp³-hybridized carbons (Fsp3) is 0.167. The third kappa shape index (κ3) is 4.98. The Morgan fingerprint density at radius 3 is 2.39 bits per heavy atom. The van der Waals surface area contributed by atoms with E-state index in [1.807, 2.05) is 30.5 Å². The van der Waals surface area contributed by atoms with Crippen LogP contribution in [0.4, 0.5) is 0 Å². The van der Waals surface area contributed by atoms with Gasteiger partial charge >= 0.3 is 11.8 Å². The number of H-pyrrole nitrogens is 1. The van der Waals surface area contributed by atoms with Gasteiger partial charge in [-0.25, -0.2) is 8.42 Å². The van der Waals surface area contributed by atoms with Gasteiger partial charge in [0.25, 0.3) is 0 Å². The number of sulfone groups is 1. The fourth-order valence-electron chi connectivity index (χ4n) is 3.61. The molecular weight excluding hydrogens is 442 g/mol. The van der Waals surface area contributed by atoms with Gasteiger partial charge in [0.1, 0.15) is 11.0 Å². The number of benzene rings is 2. The van der Waals surface area contributed by atoms with Gasteiger partial charge < -0.3 is 20.0 Å². The zero-order valence-corrected chi connectivity index (χ0v) is 18.5. The number of carbonyl (C=O) groups is 2. The highest BCUT2D eigenvalue weighted by Crippen LogP contribution is 2.28. The van der Waals surface area contributed by atoms with E-state index >= 15 is 0 Å². The molecule has 4 rings (SSSR count). The molecule has 0 unspecified atom stereocenters. The van der Waals surface area contributed by atoms with Gasteiger partial charge in [0.15, 0.2) is 9.84 Å². The summed E-state index contributed by atoms with van der Waals surface area (Å²) in [6.45, 7) is -0.0442. The molecule has 0 saturated carbocycles. The van der Waals surface area contributed by atoms with Crippen LogP contribution in [0.1, 0.15) is 16.6 Å². The monoisotopic (exact) mass is 465 g/mol. The lowest BCUT2D eigenvalue weighted by atomic mass is 10.1. The van der Waals surface area contributed by atoms with Gasteiger partial charge in [-0.1, -0.05) is 36.4 Å². The quantitative estimate of drug-likeness (QED) is 0.346. The summed E-state index contributed by atoms with van der Waals surface area (Å²) in [6.07, 6.45) is 3.78. The van der Waals surface area contributed by atoms with Gasteiger partial charge in [-0.3, -0.25) is 9.59 Å². The lowest BCUT2D eigenvalue weighted by Gasteiger charge is -2.16. The van der Waals surface area contributed by atoms with Crippen molar-refractivity contribution in [2.24, 2.45) is 0 Å². The molecule has 2 heterocycles. The summed E-state index contributed by atoms with van der Waals surface area (Å²) in [6, 6.07) is 18.8. The highest BCUT2D eigenvalue weighted by molar-refractivity contribution is 7.91. The second-order valence-corrected chi connectivity index (χ2v) is 9.57. The number of aromatic nitrogens is 1. The normalized spacial score (nSPS) is 12.4. The number of aromatic amines is 1. The number of para-hydroxylation sites is 1. The second-order valence-electron chi connectivity index (χ2n) is 7.44. The number of hydrogen-bond donors (Lipinski definition) is 3. The molecular formula is C24H23N3O5S. The summed E-state index contributed by atoms with van der Waals surface area (Å²) >= 11 is 0. The van der Waals surface area contributed by atoms with Crippen molar-refractivity contribution in [1.82, 2.24) is 15.6 Å². The molecule has 3 N–H and O–H groups in total. The maximum Gasteiger partial charge on any atom is 0.309 e. The fourth-order valence-corrected chi connectivity index (χ4v) is 5.21. The molecule has 170 valence electrons. The minimum absolute atomic E-state index is 0.101. The van der Waals surface area contributed by atoms with Gasteiger partial charge in [0.2, 0.25) is 0 Å². The van der Waals surface area contributed by atoms with E-state index in [-0.39, 0.29) is 23.7 Å². The van der Waals surface area contributed by atoms with Gasteiger partial charge in [0, 0.05) is 30.2 Å². The Morgan fingerprint density at radius 2 is 1.64 bits per heavy atom. The highest BCUT2D eigenvalue weighted by atomic mass is 32.2. The molecule has 1 atom stereocenters. The minimum Gasteiger partial charge on any atom is -0.468 e. The first-order chi connectivity index (χ1) is 16.0. The molecule has 0 fully saturated rings. The van der Waals surface area contributed by atoms with Crippen LogP contribution in [0, 0.1) is 0 Å². The van der Waals surface area contributed by atoms with Crippen molar-refractivity contribution in [3.63, 3.8) is 0 Å². The third-order valence-corrected chi connectivity index (χ3v) is 7.39. The van der Waals surface area contributed by atoms with Crippen LogP contribution >= 0.6 is 0 Å². The number of hydrogen-bond acceptors (Lipinski definition) is 5. The smallest absolute Gasteiger partial charge is 0.309 e. The molecule has 2 aromatic carbocycles. The van der Waals surface area contributed by atoms with Crippen molar-refractivity contribution < 1.29 is 22.4 Å². The van der Waals surface area contributed by atoms with Crippen molar-refractivity contribution >= 4 is 32.6 Å². The molecule has 0 aliphatic heterocycles. The van der Waals surface area contributed by atoms with Crippen LogP contribution in [-0.2, 0) is 25.8 Å². The summed E-state index contributed by atoms with van der Waals surface area (Å²) in [5.74, 6) is -1.56. The summed E-state index contributed by atoms with van der Waals surface area (Å²) < 4.78 is 31.5. The van der Waals surface area contributed by atoms with E-state index in [0.29, 0.717) is 6.42 Å². The summed E-state index contributed by atoms with van der Waals surface area (Å²) in [5.41, 5.74) is 2.03. The van der Waals surface area contributed by atoms with Crippen LogP contribution in [0.3, 0.4) is 0 Å². The van der Waals surface area contributed by atoms with Gasteiger partial charge in [-0.2, -0.15) is 0 Å². The average molecular weight is 466 g/mol. The molecule has 2 aromatic heterocycles. The number of rotatable bonds is 8. The Kier molecular flexibility index (Phi) is 6.60. The van der Waals surface area contributed by atoms with E-state index in [0.717, 1.165) is 16.5 Å².